The van der Waals surface area contributed by atoms with Crippen LogP contribution in [0.5, 0.6) is 0 Å². The topological polar surface area (TPSA) is 55.1 Å². The largest absolute Gasteiger partial charge is 0.340 e. The molecule has 1 aliphatic heterocycles. The quantitative estimate of drug-likeness (QED) is 0.866. The molecule has 0 unspecified atom stereocenters. The number of aryl methyl sites for hydroxylation is 1. The summed E-state index contributed by atoms with van der Waals surface area (Å²) in [5.41, 5.74) is 1.39. The van der Waals surface area contributed by atoms with Crippen molar-refractivity contribution in [3.63, 3.8) is 0 Å². The van der Waals surface area contributed by atoms with Crippen LogP contribution in [0.3, 0.4) is 0 Å². The molecule has 2 atom stereocenters. The summed E-state index contributed by atoms with van der Waals surface area (Å²) in [6.07, 6.45) is 7.52. The molecule has 1 saturated carbocycles. The summed E-state index contributed by atoms with van der Waals surface area (Å²) >= 11 is 0. The van der Waals surface area contributed by atoms with E-state index in [1.54, 1.807) is 0 Å². The zero-order valence-corrected chi connectivity index (χ0v) is 12.3. The highest BCUT2D eigenvalue weighted by atomic mass is 16.5. The van der Waals surface area contributed by atoms with E-state index in [1.165, 1.54) is 24.8 Å². The Bertz CT molecular complexity index is 626. The monoisotopic (exact) mass is 284 g/mol. The van der Waals surface area contributed by atoms with E-state index in [1.807, 2.05) is 25.4 Å². The molecule has 0 radical (unpaired) electrons. The molecule has 1 aliphatic carbocycles. The smallest absolute Gasteiger partial charge is 0.223 e. The molecule has 1 saturated heterocycles. The lowest BCUT2D eigenvalue weighted by atomic mass is 9.80. The van der Waals surface area contributed by atoms with Crippen LogP contribution in [0, 0.1) is 12.8 Å². The maximum Gasteiger partial charge on any atom is 0.223 e. The van der Waals surface area contributed by atoms with E-state index >= 15 is 0 Å². The summed E-state index contributed by atoms with van der Waals surface area (Å²) in [6.45, 7) is 5.00. The van der Waals surface area contributed by atoms with Crippen molar-refractivity contribution in [3.05, 3.63) is 41.8 Å². The highest BCUT2D eigenvalue weighted by Gasteiger charge is 2.53. The van der Waals surface area contributed by atoms with Crippen LogP contribution in [0.25, 0.3) is 0 Å². The lowest BCUT2D eigenvalue weighted by Gasteiger charge is -2.25. The molecule has 5 heteroatoms. The molecule has 110 valence electrons. The second-order valence-corrected chi connectivity index (χ2v) is 6.41. The van der Waals surface area contributed by atoms with Crippen molar-refractivity contribution in [1.82, 2.24) is 20.0 Å². The van der Waals surface area contributed by atoms with E-state index in [4.69, 9.17) is 4.52 Å². The molecule has 5 nitrogen and oxygen atoms in total. The molecule has 0 bridgehead atoms. The van der Waals surface area contributed by atoms with Crippen molar-refractivity contribution in [2.24, 2.45) is 5.92 Å². The van der Waals surface area contributed by atoms with Crippen LogP contribution in [-0.2, 0) is 12.0 Å². The number of likely N-dealkylation sites (tertiary alicyclic amines) is 1. The number of aromatic nitrogens is 3. The normalized spacial score (nSPS) is 28.9. The van der Waals surface area contributed by atoms with Gasteiger partial charge in [0.05, 0.1) is 5.41 Å². The Morgan fingerprint density at radius 1 is 1.48 bits per heavy atom. The Labute approximate surface area is 124 Å². The van der Waals surface area contributed by atoms with Crippen LogP contribution >= 0.6 is 0 Å². The van der Waals surface area contributed by atoms with Gasteiger partial charge in [0, 0.05) is 39.0 Å². The standard InChI is InChI=1S/C16H20N4O/c1-12-18-15(19-21-12)16-6-2-5-14(16)10-20(11-16)9-13-4-3-7-17-8-13/h3-4,7-8,14H,2,5-6,9-11H2,1H3/t14-,16-/m1/s1. The number of pyridine rings is 1. The van der Waals surface area contributed by atoms with Crippen LogP contribution in [0.4, 0.5) is 0 Å². The van der Waals surface area contributed by atoms with Crippen molar-refractivity contribution in [2.45, 2.75) is 38.1 Å². The van der Waals surface area contributed by atoms with Gasteiger partial charge >= 0.3 is 0 Å². The van der Waals surface area contributed by atoms with E-state index in [9.17, 15) is 0 Å². The van der Waals surface area contributed by atoms with Gasteiger partial charge in [-0.3, -0.25) is 9.88 Å². The molecule has 3 heterocycles. The van der Waals surface area contributed by atoms with E-state index < -0.39 is 0 Å². The Morgan fingerprint density at radius 3 is 3.19 bits per heavy atom. The summed E-state index contributed by atoms with van der Waals surface area (Å²) in [4.78, 5) is 11.3. The van der Waals surface area contributed by atoms with Gasteiger partial charge in [-0.2, -0.15) is 4.98 Å². The number of nitrogens with zero attached hydrogens (tertiary/aromatic N) is 4. The molecule has 0 amide bonds. The van der Waals surface area contributed by atoms with Crippen LogP contribution in [-0.4, -0.2) is 33.1 Å². The average Bonchev–Trinajstić information content (AvgIpc) is 3.14. The van der Waals surface area contributed by atoms with Crippen LogP contribution in [0.1, 0.15) is 36.5 Å². The average molecular weight is 284 g/mol. The highest BCUT2D eigenvalue weighted by Crippen LogP contribution is 2.49. The van der Waals surface area contributed by atoms with Gasteiger partial charge in [0.1, 0.15) is 0 Å². The summed E-state index contributed by atoms with van der Waals surface area (Å²) < 4.78 is 5.24. The van der Waals surface area contributed by atoms with Gasteiger partial charge in [-0.1, -0.05) is 17.6 Å². The summed E-state index contributed by atoms with van der Waals surface area (Å²) in [7, 11) is 0. The molecule has 2 aliphatic rings. The minimum absolute atomic E-state index is 0.111. The van der Waals surface area contributed by atoms with Gasteiger partial charge in [-0.25, -0.2) is 0 Å². The molecular formula is C16H20N4O. The minimum Gasteiger partial charge on any atom is -0.340 e. The van der Waals surface area contributed by atoms with Gasteiger partial charge in [-0.15, -0.1) is 0 Å². The fraction of sp³-hybridized carbons (Fsp3) is 0.562. The summed E-state index contributed by atoms with van der Waals surface area (Å²) in [5.74, 6) is 2.26. The summed E-state index contributed by atoms with van der Waals surface area (Å²) in [6, 6.07) is 4.15. The van der Waals surface area contributed by atoms with E-state index in [0.29, 0.717) is 11.8 Å². The first kappa shape index (κ1) is 13.0. The van der Waals surface area contributed by atoms with Gasteiger partial charge in [-0.05, 0) is 30.4 Å². The van der Waals surface area contributed by atoms with Gasteiger partial charge in [0.2, 0.25) is 5.89 Å². The second-order valence-electron chi connectivity index (χ2n) is 6.41. The van der Waals surface area contributed by atoms with Gasteiger partial charge in [0.25, 0.3) is 0 Å². The number of rotatable bonds is 3. The molecule has 2 aromatic heterocycles. The molecule has 2 fully saturated rings. The first-order valence-corrected chi connectivity index (χ1v) is 7.68. The Morgan fingerprint density at radius 2 is 2.43 bits per heavy atom. The molecular weight excluding hydrogens is 264 g/mol. The lowest BCUT2D eigenvalue weighted by Crippen LogP contribution is -2.33. The summed E-state index contributed by atoms with van der Waals surface area (Å²) in [5, 5.41) is 4.25. The maximum absolute atomic E-state index is 5.24. The third kappa shape index (κ3) is 2.16. The highest BCUT2D eigenvalue weighted by molar-refractivity contribution is 5.19. The molecule has 21 heavy (non-hydrogen) atoms. The molecule has 0 spiro atoms. The van der Waals surface area contributed by atoms with Crippen molar-refractivity contribution in [1.29, 1.82) is 0 Å². The Kier molecular flexibility index (Phi) is 3.03. The zero-order chi connectivity index (χ0) is 14.3. The fourth-order valence-corrected chi connectivity index (χ4v) is 4.13. The number of hydrogen-bond donors (Lipinski definition) is 0. The van der Waals surface area contributed by atoms with Crippen molar-refractivity contribution in [2.75, 3.05) is 13.1 Å². The fourth-order valence-electron chi connectivity index (χ4n) is 4.13. The first-order chi connectivity index (χ1) is 10.3. The SMILES string of the molecule is Cc1nc([C@@]23CCC[C@@H]2CN(Cc2cccnc2)C3)no1. The van der Waals surface area contributed by atoms with Crippen molar-refractivity contribution < 1.29 is 4.52 Å². The predicted molar refractivity (Wildman–Crippen MR) is 77.6 cm³/mol. The third-order valence-electron chi connectivity index (χ3n) is 5.04. The predicted octanol–water partition coefficient (Wildman–Crippen LogP) is 2.33. The van der Waals surface area contributed by atoms with Crippen LogP contribution in [0.15, 0.2) is 29.0 Å². The number of hydrogen-bond acceptors (Lipinski definition) is 5. The van der Waals surface area contributed by atoms with Crippen LogP contribution in [0.2, 0.25) is 0 Å². The van der Waals surface area contributed by atoms with Crippen molar-refractivity contribution >= 4 is 0 Å². The molecule has 4 rings (SSSR count). The first-order valence-electron chi connectivity index (χ1n) is 7.68. The molecule has 2 aromatic rings. The lowest BCUT2D eigenvalue weighted by molar-refractivity contribution is 0.285. The molecule has 0 aromatic carbocycles. The Hall–Kier alpha value is -1.75. The minimum atomic E-state index is 0.111. The van der Waals surface area contributed by atoms with E-state index in [-0.39, 0.29) is 5.41 Å². The Balaban J connectivity index is 1.57. The van der Waals surface area contributed by atoms with E-state index in [0.717, 1.165) is 25.5 Å². The maximum atomic E-state index is 5.24. The van der Waals surface area contributed by atoms with Gasteiger partial charge < -0.3 is 4.52 Å². The van der Waals surface area contributed by atoms with E-state index in [2.05, 4.69) is 26.1 Å². The zero-order valence-electron chi connectivity index (χ0n) is 12.3. The van der Waals surface area contributed by atoms with Gasteiger partial charge in [0.15, 0.2) is 5.82 Å². The second kappa shape index (κ2) is 4.91. The third-order valence-corrected chi connectivity index (χ3v) is 5.04. The molecule has 0 N–H and O–H groups in total. The van der Waals surface area contributed by atoms with Crippen molar-refractivity contribution in [3.8, 4) is 0 Å². The number of fused-ring (bicyclic) bond motifs is 1. The van der Waals surface area contributed by atoms with Crippen LogP contribution < -0.4 is 0 Å².